The van der Waals surface area contributed by atoms with Crippen LogP contribution >= 0.6 is 11.6 Å². The molecule has 0 radical (unpaired) electrons. The van der Waals surface area contributed by atoms with Crippen LogP contribution in [0, 0.1) is 6.92 Å². The standard InChI is InChI=1S/C10H12ClN3/c1-6(2)14-5-8-7(3)4-9(11)12-10(8)13-14/h4-6H,1-3H3. The zero-order valence-electron chi connectivity index (χ0n) is 8.45. The van der Waals surface area contributed by atoms with E-state index >= 15 is 0 Å². The Hall–Kier alpha value is -1.09. The van der Waals surface area contributed by atoms with Gasteiger partial charge in [0, 0.05) is 17.6 Å². The van der Waals surface area contributed by atoms with E-state index in [9.17, 15) is 0 Å². The Kier molecular flexibility index (Phi) is 2.19. The third-order valence-electron chi connectivity index (χ3n) is 2.21. The fourth-order valence-corrected chi connectivity index (χ4v) is 1.64. The summed E-state index contributed by atoms with van der Waals surface area (Å²) in [5.74, 6) is 0. The van der Waals surface area contributed by atoms with Crippen LogP contribution in [0.1, 0.15) is 25.5 Å². The summed E-state index contributed by atoms with van der Waals surface area (Å²) in [6.45, 7) is 6.19. The monoisotopic (exact) mass is 209 g/mol. The van der Waals surface area contributed by atoms with Gasteiger partial charge in [-0.1, -0.05) is 11.6 Å². The highest BCUT2D eigenvalue weighted by atomic mass is 35.5. The van der Waals surface area contributed by atoms with Crippen molar-refractivity contribution in [1.82, 2.24) is 14.8 Å². The van der Waals surface area contributed by atoms with E-state index in [2.05, 4.69) is 23.9 Å². The van der Waals surface area contributed by atoms with Crippen LogP contribution in [0.4, 0.5) is 0 Å². The predicted molar refractivity (Wildman–Crippen MR) is 57.7 cm³/mol. The number of rotatable bonds is 1. The van der Waals surface area contributed by atoms with Crippen LogP contribution in [-0.4, -0.2) is 14.8 Å². The molecule has 0 amide bonds. The number of aromatic nitrogens is 3. The summed E-state index contributed by atoms with van der Waals surface area (Å²) in [7, 11) is 0. The van der Waals surface area contributed by atoms with Crippen LogP contribution in [0.5, 0.6) is 0 Å². The average Bonchev–Trinajstić information content (AvgIpc) is 2.47. The molecule has 2 rings (SSSR count). The van der Waals surface area contributed by atoms with Crippen molar-refractivity contribution < 1.29 is 0 Å². The maximum Gasteiger partial charge on any atom is 0.182 e. The topological polar surface area (TPSA) is 30.7 Å². The molecule has 0 aliphatic heterocycles. The van der Waals surface area contributed by atoms with Crippen LogP contribution in [0.25, 0.3) is 11.0 Å². The fourth-order valence-electron chi connectivity index (χ4n) is 1.40. The molecule has 2 heterocycles. The molecule has 2 aromatic heterocycles. The molecule has 14 heavy (non-hydrogen) atoms. The molecule has 3 nitrogen and oxygen atoms in total. The van der Waals surface area contributed by atoms with Crippen molar-refractivity contribution in [1.29, 1.82) is 0 Å². The van der Waals surface area contributed by atoms with Gasteiger partial charge < -0.3 is 0 Å². The SMILES string of the molecule is Cc1cc(Cl)nc2nn(C(C)C)cc12. The van der Waals surface area contributed by atoms with Crippen molar-refractivity contribution in [2.45, 2.75) is 26.8 Å². The number of hydrogen-bond acceptors (Lipinski definition) is 2. The van der Waals surface area contributed by atoms with Crippen molar-refractivity contribution in [3.63, 3.8) is 0 Å². The Morgan fingerprint density at radius 2 is 2.14 bits per heavy atom. The Labute approximate surface area is 87.7 Å². The number of nitrogens with zero attached hydrogens (tertiary/aromatic N) is 3. The van der Waals surface area contributed by atoms with E-state index in [1.807, 2.05) is 23.9 Å². The van der Waals surface area contributed by atoms with Crippen molar-refractivity contribution in [3.05, 3.63) is 23.0 Å². The summed E-state index contributed by atoms with van der Waals surface area (Å²) in [5.41, 5.74) is 1.84. The minimum Gasteiger partial charge on any atom is -0.267 e. The van der Waals surface area contributed by atoms with E-state index < -0.39 is 0 Å². The van der Waals surface area contributed by atoms with Gasteiger partial charge >= 0.3 is 0 Å². The molecule has 0 aromatic carbocycles. The van der Waals surface area contributed by atoms with Crippen LogP contribution in [0.2, 0.25) is 5.15 Å². The normalized spacial score (nSPS) is 11.5. The van der Waals surface area contributed by atoms with Crippen LogP contribution in [0.15, 0.2) is 12.3 Å². The van der Waals surface area contributed by atoms with E-state index in [0.717, 1.165) is 16.6 Å². The van der Waals surface area contributed by atoms with E-state index in [4.69, 9.17) is 11.6 Å². The zero-order chi connectivity index (χ0) is 10.3. The molecule has 0 atom stereocenters. The smallest absolute Gasteiger partial charge is 0.182 e. The molecular formula is C10H12ClN3. The summed E-state index contributed by atoms with van der Waals surface area (Å²) in [5, 5.41) is 5.93. The Balaban J connectivity index is 2.70. The first-order chi connectivity index (χ1) is 6.58. The van der Waals surface area contributed by atoms with Gasteiger partial charge in [0.2, 0.25) is 0 Å². The van der Waals surface area contributed by atoms with Crippen molar-refractivity contribution >= 4 is 22.6 Å². The summed E-state index contributed by atoms with van der Waals surface area (Å²) >= 11 is 5.85. The minimum absolute atomic E-state index is 0.349. The Morgan fingerprint density at radius 3 is 2.79 bits per heavy atom. The highest BCUT2D eigenvalue weighted by Gasteiger charge is 2.07. The lowest BCUT2D eigenvalue weighted by molar-refractivity contribution is 0.536. The van der Waals surface area contributed by atoms with Gasteiger partial charge in [0.1, 0.15) is 5.15 Å². The minimum atomic E-state index is 0.349. The number of fused-ring (bicyclic) bond motifs is 1. The number of aryl methyl sites for hydroxylation is 1. The van der Waals surface area contributed by atoms with Crippen LogP contribution in [0.3, 0.4) is 0 Å². The van der Waals surface area contributed by atoms with E-state index in [0.29, 0.717) is 11.2 Å². The second kappa shape index (κ2) is 3.24. The van der Waals surface area contributed by atoms with Gasteiger partial charge in [-0.05, 0) is 32.4 Å². The molecule has 0 saturated carbocycles. The highest BCUT2D eigenvalue weighted by Crippen LogP contribution is 2.20. The molecule has 2 aromatic rings. The first kappa shape index (κ1) is 9.46. The summed E-state index contributed by atoms with van der Waals surface area (Å²) < 4.78 is 1.90. The molecule has 0 unspecified atom stereocenters. The molecule has 4 heteroatoms. The van der Waals surface area contributed by atoms with Gasteiger partial charge in [0.15, 0.2) is 5.65 Å². The van der Waals surface area contributed by atoms with Crippen molar-refractivity contribution in [2.24, 2.45) is 0 Å². The number of hydrogen-bond donors (Lipinski definition) is 0. The largest absolute Gasteiger partial charge is 0.267 e. The third kappa shape index (κ3) is 1.48. The van der Waals surface area contributed by atoms with Gasteiger partial charge in [-0.3, -0.25) is 4.68 Å². The maximum absolute atomic E-state index is 5.85. The summed E-state index contributed by atoms with van der Waals surface area (Å²) in [6.07, 6.45) is 2.01. The second-order valence-electron chi connectivity index (χ2n) is 3.70. The molecule has 0 aliphatic carbocycles. The molecule has 0 bridgehead atoms. The summed E-state index contributed by atoms with van der Waals surface area (Å²) in [4.78, 5) is 4.17. The van der Waals surface area contributed by atoms with Crippen molar-refractivity contribution in [2.75, 3.05) is 0 Å². The Morgan fingerprint density at radius 1 is 1.43 bits per heavy atom. The maximum atomic E-state index is 5.85. The van der Waals surface area contributed by atoms with Gasteiger partial charge in [0.05, 0.1) is 0 Å². The van der Waals surface area contributed by atoms with E-state index in [1.54, 1.807) is 0 Å². The molecule has 0 N–H and O–H groups in total. The van der Waals surface area contributed by atoms with Crippen LogP contribution < -0.4 is 0 Å². The Bertz CT molecular complexity index is 473. The molecule has 0 aliphatic rings. The summed E-state index contributed by atoms with van der Waals surface area (Å²) in [6, 6.07) is 2.21. The van der Waals surface area contributed by atoms with E-state index in [1.165, 1.54) is 0 Å². The predicted octanol–water partition coefficient (Wildman–Crippen LogP) is 2.97. The molecule has 0 saturated heterocycles. The van der Waals surface area contributed by atoms with Gasteiger partial charge in [-0.2, -0.15) is 5.10 Å². The van der Waals surface area contributed by atoms with Gasteiger partial charge in [-0.25, -0.2) is 4.98 Å². The van der Waals surface area contributed by atoms with Crippen LogP contribution in [-0.2, 0) is 0 Å². The second-order valence-corrected chi connectivity index (χ2v) is 4.09. The van der Waals surface area contributed by atoms with E-state index in [-0.39, 0.29) is 0 Å². The third-order valence-corrected chi connectivity index (χ3v) is 2.41. The lowest BCUT2D eigenvalue weighted by Crippen LogP contribution is -2.00. The van der Waals surface area contributed by atoms with Gasteiger partial charge in [0.25, 0.3) is 0 Å². The van der Waals surface area contributed by atoms with Gasteiger partial charge in [-0.15, -0.1) is 0 Å². The molecule has 74 valence electrons. The number of halogens is 1. The molecule has 0 fully saturated rings. The zero-order valence-corrected chi connectivity index (χ0v) is 9.21. The lowest BCUT2D eigenvalue weighted by Gasteiger charge is -2.01. The quantitative estimate of drug-likeness (QED) is 0.676. The highest BCUT2D eigenvalue weighted by molar-refractivity contribution is 6.29. The number of pyridine rings is 1. The molecule has 0 spiro atoms. The lowest BCUT2D eigenvalue weighted by atomic mass is 10.2. The average molecular weight is 210 g/mol. The first-order valence-electron chi connectivity index (χ1n) is 4.60. The fraction of sp³-hybridized carbons (Fsp3) is 0.400. The van der Waals surface area contributed by atoms with Crippen molar-refractivity contribution in [3.8, 4) is 0 Å². The molecular weight excluding hydrogens is 198 g/mol. The first-order valence-corrected chi connectivity index (χ1v) is 4.97.